The normalized spacial score (nSPS) is 19.2. The van der Waals surface area contributed by atoms with E-state index in [0.717, 1.165) is 0 Å². The summed E-state index contributed by atoms with van der Waals surface area (Å²) in [6, 6.07) is 6.44. The standard InChI is InChI=1S/C14H19BrN2O4S/c1-11-10-17(7-8-21-11)14(18)5-6-16-22(19,20)13-4-2-3-12(15)9-13/h2-4,9,11,16H,5-8,10H2,1H3. The largest absolute Gasteiger partial charge is 0.375 e. The van der Waals surface area contributed by atoms with Crippen molar-refractivity contribution >= 4 is 31.9 Å². The number of nitrogens with zero attached hydrogens (tertiary/aromatic N) is 1. The summed E-state index contributed by atoms with van der Waals surface area (Å²) in [4.78, 5) is 13.9. The summed E-state index contributed by atoms with van der Waals surface area (Å²) in [7, 11) is -3.60. The van der Waals surface area contributed by atoms with Crippen molar-refractivity contribution in [3.8, 4) is 0 Å². The van der Waals surface area contributed by atoms with Gasteiger partial charge < -0.3 is 9.64 Å². The summed E-state index contributed by atoms with van der Waals surface area (Å²) in [6.07, 6.45) is 0.163. The van der Waals surface area contributed by atoms with Gasteiger partial charge in [-0.3, -0.25) is 4.79 Å². The molecule has 22 heavy (non-hydrogen) atoms. The number of hydrogen-bond acceptors (Lipinski definition) is 4. The average molecular weight is 391 g/mol. The Kier molecular flexibility index (Phi) is 5.96. The minimum absolute atomic E-state index is 0.0241. The smallest absolute Gasteiger partial charge is 0.240 e. The molecule has 1 amide bonds. The molecule has 0 spiro atoms. The lowest BCUT2D eigenvalue weighted by atomic mass is 10.2. The second-order valence-corrected chi connectivity index (χ2v) is 7.81. The van der Waals surface area contributed by atoms with Crippen molar-refractivity contribution in [2.75, 3.05) is 26.2 Å². The van der Waals surface area contributed by atoms with Crippen LogP contribution < -0.4 is 4.72 Å². The minimum atomic E-state index is -3.60. The lowest BCUT2D eigenvalue weighted by molar-refractivity contribution is -0.137. The zero-order valence-corrected chi connectivity index (χ0v) is 14.7. The van der Waals surface area contributed by atoms with Gasteiger partial charge in [-0.15, -0.1) is 0 Å². The van der Waals surface area contributed by atoms with E-state index < -0.39 is 10.0 Å². The number of sulfonamides is 1. The minimum Gasteiger partial charge on any atom is -0.375 e. The van der Waals surface area contributed by atoms with Crippen LogP contribution in [0.5, 0.6) is 0 Å². The highest BCUT2D eigenvalue weighted by Gasteiger charge is 2.21. The lowest BCUT2D eigenvalue weighted by Gasteiger charge is -2.31. The van der Waals surface area contributed by atoms with Gasteiger partial charge in [-0.25, -0.2) is 13.1 Å². The number of ether oxygens (including phenoxy) is 1. The molecule has 1 fully saturated rings. The number of amides is 1. The first-order chi connectivity index (χ1) is 10.4. The van der Waals surface area contributed by atoms with Gasteiger partial charge in [-0.1, -0.05) is 22.0 Å². The van der Waals surface area contributed by atoms with E-state index in [0.29, 0.717) is 24.2 Å². The molecule has 1 aromatic carbocycles. The van der Waals surface area contributed by atoms with Crippen LogP contribution in [0.15, 0.2) is 33.6 Å². The third-order valence-electron chi connectivity index (χ3n) is 3.33. The Balaban J connectivity index is 1.86. The van der Waals surface area contributed by atoms with E-state index in [1.807, 2.05) is 6.92 Å². The van der Waals surface area contributed by atoms with Crippen LogP contribution in [-0.2, 0) is 19.6 Å². The van der Waals surface area contributed by atoms with Crippen LogP contribution in [0.4, 0.5) is 0 Å². The van der Waals surface area contributed by atoms with E-state index in [2.05, 4.69) is 20.7 Å². The van der Waals surface area contributed by atoms with E-state index in [1.54, 1.807) is 17.0 Å². The van der Waals surface area contributed by atoms with Crippen LogP contribution in [0, 0.1) is 0 Å². The molecule has 6 nitrogen and oxygen atoms in total. The molecule has 122 valence electrons. The molecule has 8 heteroatoms. The lowest BCUT2D eigenvalue weighted by Crippen LogP contribution is -2.45. The first-order valence-electron chi connectivity index (χ1n) is 7.03. The second-order valence-electron chi connectivity index (χ2n) is 5.13. The van der Waals surface area contributed by atoms with E-state index in [-0.39, 0.29) is 29.9 Å². The molecule has 0 aliphatic carbocycles. The van der Waals surface area contributed by atoms with E-state index in [1.165, 1.54) is 12.1 Å². The Labute approximate surface area is 139 Å². The summed E-state index contributed by atoms with van der Waals surface area (Å²) >= 11 is 3.24. The number of carbonyl (C=O) groups excluding carboxylic acids is 1. The third kappa shape index (κ3) is 4.77. The van der Waals surface area contributed by atoms with E-state index >= 15 is 0 Å². The molecule has 0 aromatic heterocycles. The van der Waals surface area contributed by atoms with E-state index in [4.69, 9.17) is 4.74 Å². The number of benzene rings is 1. The molecule has 2 rings (SSSR count). The molecular formula is C14H19BrN2O4S. The van der Waals surface area contributed by atoms with Crippen LogP contribution in [0.25, 0.3) is 0 Å². The van der Waals surface area contributed by atoms with Crippen LogP contribution in [0.2, 0.25) is 0 Å². The van der Waals surface area contributed by atoms with Crippen molar-refractivity contribution in [3.05, 3.63) is 28.7 Å². The maximum Gasteiger partial charge on any atom is 0.240 e. The Morgan fingerprint density at radius 3 is 2.95 bits per heavy atom. The molecule has 1 aliphatic heterocycles. The average Bonchev–Trinajstić information content (AvgIpc) is 2.47. The van der Waals surface area contributed by atoms with Gasteiger partial charge in [0.25, 0.3) is 0 Å². The van der Waals surface area contributed by atoms with Crippen molar-refractivity contribution in [2.24, 2.45) is 0 Å². The zero-order valence-electron chi connectivity index (χ0n) is 12.3. The summed E-state index contributed by atoms with van der Waals surface area (Å²) < 4.78 is 32.8. The maximum absolute atomic E-state index is 12.1. The molecule has 0 saturated carbocycles. The molecule has 1 atom stereocenters. The van der Waals surface area contributed by atoms with Gasteiger partial charge in [0.15, 0.2) is 0 Å². The predicted octanol–water partition coefficient (Wildman–Crippen LogP) is 1.36. The number of carbonyl (C=O) groups is 1. The summed E-state index contributed by atoms with van der Waals surface area (Å²) in [5, 5.41) is 0. The molecule has 0 radical (unpaired) electrons. The molecule has 1 aliphatic rings. The summed E-state index contributed by atoms with van der Waals surface area (Å²) in [6.45, 7) is 3.63. The number of halogens is 1. The van der Waals surface area contributed by atoms with Crippen LogP contribution in [0.3, 0.4) is 0 Å². The zero-order chi connectivity index (χ0) is 16.2. The van der Waals surface area contributed by atoms with Gasteiger partial charge in [0.05, 0.1) is 17.6 Å². The van der Waals surface area contributed by atoms with Crippen molar-refractivity contribution in [2.45, 2.75) is 24.3 Å². The first kappa shape index (κ1) is 17.4. The molecular weight excluding hydrogens is 372 g/mol. The van der Waals surface area contributed by atoms with Crippen LogP contribution in [0.1, 0.15) is 13.3 Å². The third-order valence-corrected chi connectivity index (χ3v) is 5.28. The quantitative estimate of drug-likeness (QED) is 0.823. The maximum atomic E-state index is 12.1. The van der Waals surface area contributed by atoms with Gasteiger partial charge >= 0.3 is 0 Å². The molecule has 1 aromatic rings. The number of rotatable bonds is 5. The SMILES string of the molecule is CC1CN(C(=O)CCNS(=O)(=O)c2cccc(Br)c2)CCO1. The van der Waals surface area contributed by atoms with Crippen molar-refractivity contribution < 1.29 is 17.9 Å². The highest BCUT2D eigenvalue weighted by molar-refractivity contribution is 9.10. The molecule has 0 bridgehead atoms. The topological polar surface area (TPSA) is 75.7 Å². The first-order valence-corrected chi connectivity index (χ1v) is 9.31. The van der Waals surface area contributed by atoms with Gasteiger partial charge in [-0.05, 0) is 25.1 Å². The van der Waals surface area contributed by atoms with Crippen molar-refractivity contribution in [1.29, 1.82) is 0 Å². The highest BCUT2D eigenvalue weighted by Crippen LogP contribution is 2.15. The van der Waals surface area contributed by atoms with Crippen LogP contribution >= 0.6 is 15.9 Å². The Morgan fingerprint density at radius 2 is 2.27 bits per heavy atom. The van der Waals surface area contributed by atoms with Gasteiger partial charge in [-0.2, -0.15) is 0 Å². The highest BCUT2D eigenvalue weighted by atomic mass is 79.9. The Bertz CT molecular complexity index is 635. The van der Waals surface area contributed by atoms with Gasteiger partial charge in [0.2, 0.25) is 15.9 Å². The predicted molar refractivity (Wildman–Crippen MR) is 85.9 cm³/mol. The van der Waals surface area contributed by atoms with Gasteiger partial charge in [0.1, 0.15) is 0 Å². The molecule has 1 heterocycles. The number of nitrogens with one attached hydrogen (secondary N) is 1. The van der Waals surface area contributed by atoms with Crippen LogP contribution in [-0.4, -0.2) is 51.6 Å². The monoisotopic (exact) mass is 390 g/mol. The van der Waals surface area contributed by atoms with E-state index in [9.17, 15) is 13.2 Å². The fourth-order valence-electron chi connectivity index (χ4n) is 2.21. The number of morpholine rings is 1. The fourth-order valence-corrected chi connectivity index (χ4v) is 3.84. The van der Waals surface area contributed by atoms with Crippen molar-refractivity contribution in [3.63, 3.8) is 0 Å². The summed E-state index contributed by atoms with van der Waals surface area (Å²) in [5.74, 6) is -0.0629. The molecule has 1 unspecified atom stereocenters. The second kappa shape index (κ2) is 7.54. The number of hydrogen-bond donors (Lipinski definition) is 1. The van der Waals surface area contributed by atoms with Crippen molar-refractivity contribution in [1.82, 2.24) is 9.62 Å². The van der Waals surface area contributed by atoms with Gasteiger partial charge in [0, 0.05) is 30.5 Å². The Hall–Kier alpha value is -0.960. The molecule has 1 N–H and O–H groups in total. The Morgan fingerprint density at radius 1 is 1.50 bits per heavy atom. The molecule has 1 saturated heterocycles. The summed E-state index contributed by atoms with van der Waals surface area (Å²) in [5.41, 5.74) is 0. The fraction of sp³-hybridized carbons (Fsp3) is 0.500.